The second-order valence-corrected chi connectivity index (χ2v) is 30.2. The third-order valence-electron chi connectivity index (χ3n) is 23.4. The normalized spacial score (nSPS) is 11.6. The van der Waals surface area contributed by atoms with Gasteiger partial charge in [-0.3, -0.25) is 0 Å². The van der Waals surface area contributed by atoms with Crippen LogP contribution in [0.1, 0.15) is 0 Å². The number of rotatable bonds is 17. The number of hydrogen-bond acceptors (Lipinski definition) is 6. The molecule has 0 saturated heterocycles. The maximum Gasteiger partial charge on any atom is 0.143 e. The molecule has 0 aliphatic heterocycles. The molecule has 22 aromatic rings. The average molecular weight is 1510 g/mol. The van der Waals surface area contributed by atoms with Crippen LogP contribution in [-0.4, -0.2) is 0 Å². The first kappa shape index (κ1) is 69.0. The Labute approximate surface area is 683 Å². The second-order valence-electron chi connectivity index (χ2n) is 30.2. The highest BCUT2D eigenvalue weighted by atomic mass is 16.3. The number of nitrogens with zero attached hydrogens (tertiary/aromatic N) is 4. The van der Waals surface area contributed by atoms with E-state index in [9.17, 15) is 0 Å². The minimum atomic E-state index is 0.834. The molecule has 20 aromatic carbocycles. The van der Waals surface area contributed by atoms with Crippen LogP contribution in [0.25, 0.3) is 143 Å². The van der Waals surface area contributed by atoms with Crippen LogP contribution in [0.5, 0.6) is 0 Å². The predicted octanol–water partition coefficient (Wildman–Crippen LogP) is 32.3. The number of furan rings is 2. The minimum absolute atomic E-state index is 0.834. The molecule has 0 N–H and O–H groups in total. The van der Waals surface area contributed by atoms with Crippen molar-refractivity contribution in [2.24, 2.45) is 0 Å². The number of benzene rings is 20. The van der Waals surface area contributed by atoms with Gasteiger partial charge in [-0.25, -0.2) is 0 Å². The molecule has 0 radical (unpaired) electrons. The van der Waals surface area contributed by atoms with E-state index in [1.807, 2.05) is 0 Å². The van der Waals surface area contributed by atoms with E-state index >= 15 is 0 Å². The van der Waals surface area contributed by atoms with Gasteiger partial charge in [0.25, 0.3) is 0 Å². The highest BCUT2D eigenvalue weighted by Crippen LogP contribution is 2.54. The third kappa shape index (κ3) is 12.0. The molecule has 2 heterocycles. The summed E-state index contributed by atoms with van der Waals surface area (Å²) in [7, 11) is 0. The van der Waals surface area contributed by atoms with Gasteiger partial charge in [0.2, 0.25) is 0 Å². The van der Waals surface area contributed by atoms with E-state index < -0.39 is 0 Å². The first-order valence-electron chi connectivity index (χ1n) is 40.3. The Morgan fingerprint density at radius 1 is 0.127 bits per heavy atom. The average Bonchev–Trinajstić information content (AvgIpc) is 1.54. The summed E-state index contributed by atoms with van der Waals surface area (Å²) in [5.41, 5.74) is 27.0. The van der Waals surface area contributed by atoms with Crippen molar-refractivity contribution in [3.05, 3.63) is 449 Å². The van der Waals surface area contributed by atoms with Gasteiger partial charge in [-0.15, -0.1) is 0 Å². The molecule has 554 valence electrons. The van der Waals surface area contributed by atoms with Crippen molar-refractivity contribution >= 4 is 155 Å². The Balaban J connectivity index is 0.713. The molecule has 0 atom stereocenters. The van der Waals surface area contributed by atoms with E-state index in [4.69, 9.17) is 8.83 Å². The maximum absolute atomic E-state index is 7.40. The number of hydrogen-bond donors (Lipinski definition) is 0. The topological polar surface area (TPSA) is 39.2 Å². The van der Waals surface area contributed by atoms with E-state index in [2.05, 4.69) is 469 Å². The van der Waals surface area contributed by atoms with Crippen LogP contribution in [0.15, 0.2) is 458 Å². The van der Waals surface area contributed by atoms with Gasteiger partial charge in [-0.2, -0.15) is 0 Å². The molecule has 0 amide bonds. The molecule has 0 bridgehead atoms. The quantitative estimate of drug-likeness (QED) is 0.0905. The van der Waals surface area contributed by atoms with Crippen LogP contribution in [0.2, 0.25) is 0 Å². The molecular formula is C112H74N4O2. The fourth-order valence-electron chi connectivity index (χ4n) is 17.9. The van der Waals surface area contributed by atoms with Crippen LogP contribution >= 0.6 is 0 Å². The van der Waals surface area contributed by atoms with E-state index in [1.165, 1.54) is 5.56 Å². The first-order valence-corrected chi connectivity index (χ1v) is 40.3. The Hall–Kier alpha value is -15.8. The van der Waals surface area contributed by atoms with Gasteiger partial charge in [0.1, 0.15) is 22.3 Å². The smallest absolute Gasteiger partial charge is 0.143 e. The van der Waals surface area contributed by atoms with Crippen molar-refractivity contribution in [2.45, 2.75) is 0 Å². The number of fused-ring (bicyclic) bond motifs is 14. The highest BCUT2D eigenvalue weighted by Gasteiger charge is 2.29. The van der Waals surface area contributed by atoms with Gasteiger partial charge in [0, 0.05) is 110 Å². The Bertz CT molecular complexity index is 7520. The minimum Gasteiger partial charge on any atom is -0.455 e. The van der Waals surface area contributed by atoms with Crippen LogP contribution < -0.4 is 19.6 Å². The van der Waals surface area contributed by atoms with Crippen molar-refractivity contribution in [1.82, 2.24) is 0 Å². The van der Waals surface area contributed by atoms with Crippen molar-refractivity contribution in [2.75, 3.05) is 19.6 Å². The van der Waals surface area contributed by atoms with Crippen LogP contribution in [0.4, 0.5) is 68.2 Å². The summed E-state index contributed by atoms with van der Waals surface area (Å²) in [4.78, 5) is 9.73. The number of para-hydroxylation sites is 4. The van der Waals surface area contributed by atoms with Gasteiger partial charge < -0.3 is 28.4 Å². The standard InChI is InChI=1S/C112H74N4O2/c1-7-32-75(33-8-1)77-58-64-85(65-59-77)113(83-41-15-5-16-42-83)105-71-99-100-72-106(92-49-20-24-53-96(92)110(100)117-109(99)95-52-23-19-48-91(95)105)114(86-66-60-78(61-67-86)76-34-9-2-10-35-76)88-45-31-40-82(70-88)79-62-68-87(69-63-79)116(104-57-30-28-47-90(104)81-38-13-4-14-39-81)108-74-102-101-73-107(93-50-21-25-54-97(93)111(101)118-112(102)98-55-26-22-51-94(98)108)115(84-43-17-6-18-44-84)103-56-29-27-46-89(103)80-36-11-3-12-37-80/h1-74H. The zero-order chi connectivity index (χ0) is 78.0. The summed E-state index contributed by atoms with van der Waals surface area (Å²) in [5, 5.41) is 12.4. The Morgan fingerprint density at radius 2 is 0.356 bits per heavy atom. The second kappa shape index (κ2) is 29.3. The van der Waals surface area contributed by atoms with Crippen LogP contribution in [0.3, 0.4) is 0 Å². The SMILES string of the molecule is c1ccc(-c2ccc(N(c3ccccc3)c3cc4c5cc(N(c6ccc(-c7ccccc7)cc6)c6cccc(-c7ccc(N(c8ccccc8-c8ccccc8)c8cc9c%10cc(N(c%11ccccc%11)c%11ccccc%11-c%11ccccc%11)c%11ccccc%11c%10oc9c9ccccc89)cc7)c6)c6ccccc6c5oc4c4ccccc34)cc2)cc1. The monoisotopic (exact) mass is 1510 g/mol. The molecule has 6 heteroatoms. The van der Waals surface area contributed by atoms with Gasteiger partial charge in [0.05, 0.1) is 34.1 Å². The first-order chi connectivity index (χ1) is 58.6. The summed E-state index contributed by atoms with van der Waals surface area (Å²) >= 11 is 0. The van der Waals surface area contributed by atoms with Gasteiger partial charge in [0.15, 0.2) is 0 Å². The molecule has 0 spiro atoms. The lowest BCUT2D eigenvalue weighted by Crippen LogP contribution is -2.12. The van der Waals surface area contributed by atoms with Gasteiger partial charge in [-0.05, 0) is 154 Å². The molecular weight excluding hydrogens is 1430 g/mol. The molecule has 0 aliphatic rings. The maximum atomic E-state index is 7.40. The molecule has 0 saturated carbocycles. The zero-order valence-electron chi connectivity index (χ0n) is 64.3. The summed E-state index contributed by atoms with van der Waals surface area (Å²) in [5.74, 6) is 0. The fourth-order valence-corrected chi connectivity index (χ4v) is 17.9. The molecule has 22 rings (SSSR count). The zero-order valence-corrected chi connectivity index (χ0v) is 64.3. The van der Waals surface area contributed by atoms with Crippen LogP contribution in [0, 0.1) is 0 Å². The van der Waals surface area contributed by atoms with E-state index in [0.717, 1.165) is 205 Å². The largest absolute Gasteiger partial charge is 0.455 e. The lowest BCUT2D eigenvalue weighted by molar-refractivity contribution is 0.676. The molecule has 0 fully saturated rings. The summed E-state index contributed by atoms with van der Waals surface area (Å²) < 4.78 is 14.8. The van der Waals surface area contributed by atoms with Gasteiger partial charge >= 0.3 is 0 Å². The molecule has 6 nitrogen and oxygen atoms in total. The van der Waals surface area contributed by atoms with Crippen molar-refractivity contribution < 1.29 is 8.83 Å². The lowest BCUT2D eigenvalue weighted by Gasteiger charge is -2.30. The predicted molar refractivity (Wildman–Crippen MR) is 497 cm³/mol. The Kier molecular flexibility index (Phi) is 17.1. The summed E-state index contributed by atoms with van der Waals surface area (Å²) in [6.07, 6.45) is 0. The molecule has 0 aliphatic carbocycles. The highest BCUT2D eigenvalue weighted by molar-refractivity contribution is 6.28. The summed E-state index contributed by atoms with van der Waals surface area (Å²) in [6.45, 7) is 0. The molecule has 118 heavy (non-hydrogen) atoms. The lowest BCUT2D eigenvalue weighted by atomic mass is 9.97. The fraction of sp³-hybridized carbons (Fsp3) is 0. The van der Waals surface area contributed by atoms with Crippen molar-refractivity contribution in [3.63, 3.8) is 0 Å². The van der Waals surface area contributed by atoms with Crippen molar-refractivity contribution in [3.8, 4) is 55.6 Å². The number of anilines is 12. The van der Waals surface area contributed by atoms with E-state index in [-0.39, 0.29) is 0 Å². The third-order valence-corrected chi connectivity index (χ3v) is 23.4. The van der Waals surface area contributed by atoms with E-state index in [0.29, 0.717) is 0 Å². The Morgan fingerprint density at radius 3 is 0.712 bits per heavy atom. The van der Waals surface area contributed by atoms with E-state index in [1.54, 1.807) is 0 Å². The van der Waals surface area contributed by atoms with Crippen LogP contribution in [-0.2, 0) is 0 Å². The molecule has 2 aromatic heterocycles. The van der Waals surface area contributed by atoms with Gasteiger partial charge in [-0.1, -0.05) is 340 Å². The summed E-state index contributed by atoms with van der Waals surface area (Å²) in [6, 6.07) is 162. The molecule has 0 unspecified atom stereocenters. The van der Waals surface area contributed by atoms with Crippen molar-refractivity contribution in [1.29, 1.82) is 0 Å².